The molecule has 1 saturated heterocycles. The van der Waals surface area contributed by atoms with E-state index >= 15 is 0 Å². The molecule has 0 bridgehead atoms. The number of fused-ring (bicyclic) bond motifs is 5. The van der Waals surface area contributed by atoms with E-state index in [1.807, 2.05) is 0 Å². The Morgan fingerprint density at radius 3 is 3.06 bits per heavy atom. The maximum atomic E-state index is 5.91. The van der Waals surface area contributed by atoms with Crippen LogP contribution in [0.5, 0.6) is 0 Å². The predicted molar refractivity (Wildman–Crippen MR) is 67.6 cm³/mol. The summed E-state index contributed by atoms with van der Waals surface area (Å²) in [7, 11) is 0. The normalized spacial score (nSPS) is 36.9. The molecule has 4 atom stereocenters. The highest BCUT2D eigenvalue weighted by Gasteiger charge is 2.51. The summed E-state index contributed by atoms with van der Waals surface area (Å²) in [6, 6.07) is 8.47. The van der Waals surface area contributed by atoms with Crippen LogP contribution in [-0.2, 0) is 4.74 Å². The molecule has 4 rings (SSSR count). The Balaban J connectivity index is 1.84. The Morgan fingerprint density at radius 1 is 1.24 bits per heavy atom. The van der Waals surface area contributed by atoms with Crippen molar-refractivity contribution in [1.82, 2.24) is 0 Å². The van der Waals surface area contributed by atoms with Gasteiger partial charge in [-0.15, -0.1) is 0 Å². The van der Waals surface area contributed by atoms with Gasteiger partial charge in [0.1, 0.15) is 6.10 Å². The number of para-hydroxylation sites is 1. The molecule has 4 unspecified atom stereocenters. The summed E-state index contributed by atoms with van der Waals surface area (Å²) >= 11 is 0. The van der Waals surface area contributed by atoms with Crippen molar-refractivity contribution in [2.45, 2.75) is 19.1 Å². The minimum Gasteiger partial charge on any atom is -0.364 e. The molecular formula is C15H15NO. The van der Waals surface area contributed by atoms with E-state index in [0.29, 0.717) is 24.0 Å². The number of benzene rings is 1. The third kappa shape index (κ3) is 1.31. The van der Waals surface area contributed by atoms with Crippen LogP contribution in [-0.4, -0.2) is 6.10 Å². The number of nitrogens with one attached hydrogen (secondary N) is 1. The Labute approximate surface area is 101 Å². The van der Waals surface area contributed by atoms with Crippen molar-refractivity contribution in [3.63, 3.8) is 0 Å². The molecule has 2 aliphatic heterocycles. The second kappa shape index (κ2) is 3.23. The second-order valence-corrected chi connectivity index (χ2v) is 5.13. The van der Waals surface area contributed by atoms with Crippen molar-refractivity contribution in [2.75, 3.05) is 5.32 Å². The Morgan fingerprint density at radius 2 is 2.12 bits per heavy atom. The summed E-state index contributed by atoms with van der Waals surface area (Å²) in [5.41, 5.74) is 3.81. The molecule has 1 aromatic rings. The number of anilines is 1. The van der Waals surface area contributed by atoms with Crippen LogP contribution in [0.2, 0.25) is 0 Å². The van der Waals surface area contributed by atoms with Gasteiger partial charge in [-0.25, -0.2) is 0 Å². The highest BCUT2D eigenvalue weighted by Crippen LogP contribution is 2.53. The van der Waals surface area contributed by atoms with Gasteiger partial charge in [0, 0.05) is 22.9 Å². The van der Waals surface area contributed by atoms with Gasteiger partial charge in [-0.05, 0) is 18.1 Å². The molecule has 0 spiro atoms. The first-order valence-electron chi connectivity index (χ1n) is 6.24. The van der Waals surface area contributed by atoms with E-state index in [-0.39, 0.29) is 0 Å². The fraction of sp³-hybridized carbons (Fsp3) is 0.333. The molecule has 2 heteroatoms. The number of rotatable bonds is 0. The summed E-state index contributed by atoms with van der Waals surface area (Å²) < 4.78 is 5.91. The SMILES string of the molecule is CC1C=CC=C2Nc3ccccc3C3OC3C21. The molecule has 1 fully saturated rings. The van der Waals surface area contributed by atoms with Crippen LogP contribution in [0, 0.1) is 11.8 Å². The second-order valence-electron chi connectivity index (χ2n) is 5.13. The number of hydrogen-bond acceptors (Lipinski definition) is 2. The average molecular weight is 225 g/mol. The predicted octanol–water partition coefficient (Wildman–Crippen LogP) is 3.26. The lowest BCUT2D eigenvalue weighted by atomic mass is 9.83. The van der Waals surface area contributed by atoms with E-state index in [0.717, 1.165) is 0 Å². The molecule has 17 heavy (non-hydrogen) atoms. The van der Waals surface area contributed by atoms with Crippen LogP contribution < -0.4 is 5.32 Å². The molecule has 0 amide bonds. The van der Waals surface area contributed by atoms with Gasteiger partial charge in [0.2, 0.25) is 0 Å². The quantitative estimate of drug-likeness (QED) is 0.685. The maximum absolute atomic E-state index is 5.91. The standard InChI is InChI=1S/C15H15NO/c1-9-5-4-8-12-13(9)15-14(17-15)10-6-2-3-7-11(10)16-12/h2-9,13-16H,1H3. The van der Waals surface area contributed by atoms with Crippen LogP contribution in [0.4, 0.5) is 5.69 Å². The van der Waals surface area contributed by atoms with Crippen LogP contribution in [0.15, 0.2) is 48.2 Å². The van der Waals surface area contributed by atoms with Gasteiger partial charge in [0.15, 0.2) is 0 Å². The fourth-order valence-corrected chi connectivity index (χ4v) is 3.11. The summed E-state index contributed by atoms with van der Waals surface area (Å²) in [5.74, 6) is 1.03. The number of allylic oxidation sites excluding steroid dienone is 3. The first-order valence-corrected chi connectivity index (χ1v) is 6.24. The molecule has 1 N–H and O–H groups in total. The molecular weight excluding hydrogens is 210 g/mol. The summed E-state index contributed by atoms with van der Waals surface area (Å²) in [6.45, 7) is 2.27. The van der Waals surface area contributed by atoms with Crippen LogP contribution in [0.25, 0.3) is 0 Å². The number of epoxide rings is 1. The van der Waals surface area contributed by atoms with Gasteiger partial charge in [-0.3, -0.25) is 0 Å². The monoisotopic (exact) mass is 225 g/mol. The topological polar surface area (TPSA) is 24.6 Å². The van der Waals surface area contributed by atoms with Crippen molar-refractivity contribution in [3.8, 4) is 0 Å². The zero-order valence-electron chi connectivity index (χ0n) is 9.76. The third-order valence-corrected chi connectivity index (χ3v) is 4.04. The van der Waals surface area contributed by atoms with Crippen molar-refractivity contribution in [2.24, 2.45) is 11.8 Å². The van der Waals surface area contributed by atoms with E-state index in [1.54, 1.807) is 0 Å². The minimum atomic E-state index is 0.295. The van der Waals surface area contributed by atoms with Crippen LogP contribution in [0.1, 0.15) is 18.6 Å². The largest absolute Gasteiger partial charge is 0.364 e. The molecule has 2 heterocycles. The zero-order chi connectivity index (χ0) is 11.4. The molecule has 3 aliphatic rings. The van der Waals surface area contributed by atoms with Crippen LogP contribution >= 0.6 is 0 Å². The van der Waals surface area contributed by atoms with Gasteiger partial charge in [0.05, 0.1) is 6.10 Å². The van der Waals surface area contributed by atoms with E-state index < -0.39 is 0 Å². The average Bonchev–Trinajstić information content (AvgIpc) is 3.09. The lowest BCUT2D eigenvalue weighted by Crippen LogP contribution is -2.24. The summed E-state index contributed by atoms with van der Waals surface area (Å²) in [5, 5.41) is 3.58. The smallest absolute Gasteiger partial charge is 0.112 e. The summed E-state index contributed by atoms with van der Waals surface area (Å²) in [6.07, 6.45) is 7.26. The van der Waals surface area contributed by atoms with Gasteiger partial charge in [0.25, 0.3) is 0 Å². The molecule has 86 valence electrons. The molecule has 0 radical (unpaired) electrons. The molecule has 2 nitrogen and oxygen atoms in total. The first-order chi connectivity index (χ1) is 8.34. The highest BCUT2D eigenvalue weighted by atomic mass is 16.6. The summed E-state index contributed by atoms with van der Waals surface area (Å²) in [4.78, 5) is 0. The molecule has 1 aromatic carbocycles. The van der Waals surface area contributed by atoms with Crippen molar-refractivity contribution < 1.29 is 4.74 Å². The lowest BCUT2D eigenvalue weighted by Gasteiger charge is -2.25. The van der Waals surface area contributed by atoms with Crippen molar-refractivity contribution in [1.29, 1.82) is 0 Å². The van der Waals surface area contributed by atoms with Crippen molar-refractivity contribution in [3.05, 3.63) is 53.8 Å². The molecule has 1 aliphatic carbocycles. The molecule has 0 saturated carbocycles. The Hall–Kier alpha value is -1.54. The van der Waals surface area contributed by atoms with Gasteiger partial charge in [-0.2, -0.15) is 0 Å². The number of hydrogen-bond donors (Lipinski definition) is 1. The highest BCUT2D eigenvalue weighted by molar-refractivity contribution is 5.60. The Bertz CT molecular complexity index is 531. The van der Waals surface area contributed by atoms with E-state index in [1.165, 1.54) is 16.9 Å². The number of ether oxygens (including phenoxy) is 1. The van der Waals surface area contributed by atoms with E-state index in [4.69, 9.17) is 4.74 Å². The molecule has 0 aromatic heterocycles. The maximum Gasteiger partial charge on any atom is 0.112 e. The first kappa shape index (κ1) is 9.49. The lowest BCUT2D eigenvalue weighted by molar-refractivity contribution is 0.305. The van der Waals surface area contributed by atoms with Crippen LogP contribution in [0.3, 0.4) is 0 Å². The third-order valence-electron chi connectivity index (χ3n) is 4.04. The van der Waals surface area contributed by atoms with E-state index in [2.05, 4.69) is 54.7 Å². The van der Waals surface area contributed by atoms with Crippen molar-refractivity contribution >= 4 is 5.69 Å². The van der Waals surface area contributed by atoms with Gasteiger partial charge in [-0.1, -0.05) is 37.3 Å². The van der Waals surface area contributed by atoms with Gasteiger partial charge < -0.3 is 10.1 Å². The minimum absolute atomic E-state index is 0.295. The van der Waals surface area contributed by atoms with Gasteiger partial charge >= 0.3 is 0 Å². The zero-order valence-corrected chi connectivity index (χ0v) is 9.76. The van der Waals surface area contributed by atoms with E-state index in [9.17, 15) is 0 Å². The fourth-order valence-electron chi connectivity index (χ4n) is 3.11. The Kier molecular flexibility index (Phi) is 1.80.